The molecule has 0 bridgehead atoms. The fourth-order valence-electron chi connectivity index (χ4n) is 4.09. The van der Waals surface area contributed by atoms with E-state index in [9.17, 15) is 19.6 Å². The number of carbonyl (C=O) groups is 2. The largest absolute Gasteiger partial charge is 0.466 e. The van der Waals surface area contributed by atoms with Crippen molar-refractivity contribution in [3.8, 4) is 6.07 Å². The van der Waals surface area contributed by atoms with E-state index in [2.05, 4.69) is 11.1 Å². The van der Waals surface area contributed by atoms with Crippen LogP contribution in [0.2, 0.25) is 0 Å². The van der Waals surface area contributed by atoms with E-state index >= 15 is 0 Å². The van der Waals surface area contributed by atoms with Gasteiger partial charge in [0.2, 0.25) is 0 Å². The summed E-state index contributed by atoms with van der Waals surface area (Å²) in [6.07, 6.45) is 1.52. The second-order valence-electron chi connectivity index (χ2n) is 7.41. The molecular weight excluding hydrogens is 436 g/mol. The molecule has 1 aliphatic heterocycles. The number of nitriles is 1. The van der Waals surface area contributed by atoms with E-state index in [1.54, 1.807) is 48.5 Å². The number of esters is 2. The minimum Gasteiger partial charge on any atom is -0.466 e. The van der Waals surface area contributed by atoms with Crippen LogP contribution in [0.25, 0.3) is 10.8 Å². The van der Waals surface area contributed by atoms with Gasteiger partial charge < -0.3 is 20.2 Å². The molecule has 1 aliphatic rings. The molecule has 9 nitrogen and oxygen atoms in total. The Balaban J connectivity index is 2.08. The first-order valence-electron chi connectivity index (χ1n) is 10.2. The van der Waals surface area contributed by atoms with Crippen LogP contribution in [0.15, 0.2) is 88.3 Å². The molecule has 3 N–H and O–H groups in total. The molecule has 1 unspecified atom stereocenters. The number of anilines is 1. The maximum atomic E-state index is 13.1. The molecule has 170 valence electrons. The predicted molar refractivity (Wildman–Crippen MR) is 124 cm³/mol. The highest BCUT2D eigenvalue weighted by atomic mass is 16.5. The van der Waals surface area contributed by atoms with Crippen LogP contribution in [0.1, 0.15) is 11.5 Å². The van der Waals surface area contributed by atoms with Crippen molar-refractivity contribution in [2.75, 3.05) is 19.1 Å². The van der Waals surface area contributed by atoms with Gasteiger partial charge in [0.15, 0.2) is 0 Å². The number of allylic oxidation sites excluding steroid dienone is 1. The number of fused-ring (bicyclic) bond motifs is 1. The molecular formula is C25H20N4O5. The molecule has 1 atom stereocenters. The molecule has 0 spiro atoms. The van der Waals surface area contributed by atoms with E-state index < -0.39 is 17.9 Å². The van der Waals surface area contributed by atoms with Crippen LogP contribution in [-0.4, -0.2) is 31.1 Å². The summed E-state index contributed by atoms with van der Waals surface area (Å²) in [5, 5.41) is 11.1. The van der Waals surface area contributed by atoms with Crippen molar-refractivity contribution in [1.29, 1.82) is 5.26 Å². The minimum atomic E-state index is -0.965. The monoisotopic (exact) mass is 456 g/mol. The molecule has 0 fully saturated rings. The van der Waals surface area contributed by atoms with E-state index in [1.165, 1.54) is 31.4 Å². The SMILES string of the molecule is COC(=O)C1=C(C(=O)OC)N(c2ccc3cc[nH]c(=O)c3c2)C(N)=C(C#N)C1c1ccccc1. The van der Waals surface area contributed by atoms with E-state index in [0.717, 1.165) is 0 Å². The Morgan fingerprint density at radius 1 is 1.06 bits per heavy atom. The molecule has 0 amide bonds. The van der Waals surface area contributed by atoms with E-state index in [-0.39, 0.29) is 28.2 Å². The molecule has 1 aromatic heterocycles. The molecule has 2 heterocycles. The van der Waals surface area contributed by atoms with Gasteiger partial charge in [-0.1, -0.05) is 36.4 Å². The van der Waals surface area contributed by atoms with Crippen LogP contribution in [0.4, 0.5) is 5.69 Å². The molecule has 0 aliphatic carbocycles. The lowest BCUT2D eigenvalue weighted by molar-refractivity contribution is -0.139. The number of benzene rings is 2. The van der Waals surface area contributed by atoms with Gasteiger partial charge in [0.05, 0.1) is 37.4 Å². The van der Waals surface area contributed by atoms with Gasteiger partial charge in [-0.3, -0.25) is 9.69 Å². The van der Waals surface area contributed by atoms with Gasteiger partial charge in [0.1, 0.15) is 11.5 Å². The molecule has 0 radical (unpaired) electrons. The Bertz CT molecular complexity index is 1460. The lowest BCUT2D eigenvalue weighted by Gasteiger charge is -2.36. The average Bonchev–Trinajstić information content (AvgIpc) is 2.87. The smallest absolute Gasteiger partial charge is 0.355 e. The number of methoxy groups -OCH3 is 2. The highest BCUT2D eigenvalue weighted by Gasteiger charge is 2.43. The number of rotatable bonds is 4. The fraction of sp³-hybridized carbons (Fsp3) is 0.120. The number of aromatic nitrogens is 1. The van der Waals surface area contributed by atoms with Crippen molar-refractivity contribution in [3.05, 3.63) is 99.4 Å². The lowest BCUT2D eigenvalue weighted by atomic mass is 9.81. The third kappa shape index (κ3) is 3.57. The third-order valence-electron chi connectivity index (χ3n) is 5.63. The zero-order valence-corrected chi connectivity index (χ0v) is 18.4. The van der Waals surface area contributed by atoms with Gasteiger partial charge in [0, 0.05) is 17.3 Å². The van der Waals surface area contributed by atoms with Gasteiger partial charge in [-0.25, -0.2) is 9.59 Å². The molecule has 0 saturated carbocycles. The maximum Gasteiger partial charge on any atom is 0.355 e. The van der Waals surface area contributed by atoms with Crippen molar-refractivity contribution in [2.45, 2.75) is 5.92 Å². The van der Waals surface area contributed by atoms with E-state index in [0.29, 0.717) is 22.0 Å². The van der Waals surface area contributed by atoms with Crippen LogP contribution < -0.4 is 16.2 Å². The second-order valence-corrected chi connectivity index (χ2v) is 7.41. The van der Waals surface area contributed by atoms with Gasteiger partial charge in [0.25, 0.3) is 5.56 Å². The first-order valence-corrected chi connectivity index (χ1v) is 10.2. The molecule has 0 saturated heterocycles. The Morgan fingerprint density at radius 3 is 2.41 bits per heavy atom. The Kier molecular flexibility index (Phi) is 5.89. The van der Waals surface area contributed by atoms with Gasteiger partial charge in [-0.05, 0) is 29.1 Å². The predicted octanol–water partition coefficient (Wildman–Crippen LogP) is 2.43. The number of ether oxygens (including phenoxy) is 2. The van der Waals surface area contributed by atoms with Crippen LogP contribution >= 0.6 is 0 Å². The second kappa shape index (κ2) is 8.96. The Labute approximate surface area is 194 Å². The number of aromatic amines is 1. The lowest BCUT2D eigenvalue weighted by Crippen LogP contribution is -2.40. The molecule has 4 rings (SSSR count). The zero-order valence-electron chi connectivity index (χ0n) is 18.4. The number of carbonyl (C=O) groups excluding carboxylic acids is 2. The van der Waals surface area contributed by atoms with E-state index in [1.807, 2.05) is 0 Å². The number of nitrogens with one attached hydrogen (secondary N) is 1. The Morgan fingerprint density at radius 2 is 1.76 bits per heavy atom. The van der Waals surface area contributed by atoms with Crippen LogP contribution in [-0.2, 0) is 19.1 Å². The summed E-state index contributed by atoms with van der Waals surface area (Å²) in [7, 11) is 2.35. The van der Waals surface area contributed by atoms with Crippen molar-refractivity contribution < 1.29 is 19.1 Å². The fourth-order valence-corrected chi connectivity index (χ4v) is 4.09. The highest BCUT2D eigenvalue weighted by Crippen LogP contribution is 2.43. The summed E-state index contributed by atoms with van der Waals surface area (Å²) >= 11 is 0. The van der Waals surface area contributed by atoms with Gasteiger partial charge in [-0.15, -0.1) is 0 Å². The van der Waals surface area contributed by atoms with Crippen molar-refractivity contribution in [1.82, 2.24) is 4.98 Å². The molecule has 2 aromatic carbocycles. The maximum absolute atomic E-state index is 13.1. The number of hydrogen-bond donors (Lipinski definition) is 2. The normalized spacial score (nSPS) is 15.8. The summed E-state index contributed by atoms with van der Waals surface area (Å²) in [5.74, 6) is -2.72. The quantitative estimate of drug-likeness (QED) is 0.571. The summed E-state index contributed by atoms with van der Waals surface area (Å²) < 4.78 is 10.0. The number of hydrogen-bond acceptors (Lipinski definition) is 8. The summed E-state index contributed by atoms with van der Waals surface area (Å²) in [4.78, 5) is 42.4. The molecule has 3 aromatic rings. The Hall–Kier alpha value is -4.84. The molecule has 34 heavy (non-hydrogen) atoms. The van der Waals surface area contributed by atoms with Crippen LogP contribution in [0, 0.1) is 11.3 Å². The average molecular weight is 456 g/mol. The zero-order chi connectivity index (χ0) is 24.4. The number of pyridine rings is 1. The first kappa shape index (κ1) is 22.4. The van der Waals surface area contributed by atoms with Crippen molar-refractivity contribution >= 4 is 28.4 Å². The standard InChI is InChI=1S/C25H20N4O5/c1-33-24(31)20-19(15-6-4-3-5-7-15)18(13-26)22(27)29(21(20)25(32)34-2)16-9-8-14-10-11-28-23(30)17(14)12-16/h3-12,19H,27H2,1-2H3,(H,28,30). The van der Waals surface area contributed by atoms with Gasteiger partial charge >= 0.3 is 11.9 Å². The minimum absolute atomic E-state index is 0.0429. The summed E-state index contributed by atoms with van der Waals surface area (Å²) in [6.45, 7) is 0. The first-order chi connectivity index (χ1) is 16.4. The number of nitrogens with zero attached hydrogens (tertiary/aromatic N) is 2. The van der Waals surface area contributed by atoms with E-state index in [4.69, 9.17) is 15.2 Å². The topological polar surface area (TPSA) is 139 Å². The van der Waals surface area contributed by atoms with Gasteiger partial charge in [-0.2, -0.15) is 5.26 Å². The van der Waals surface area contributed by atoms with Crippen molar-refractivity contribution in [2.24, 2.45) is 5.73 Å². The van der Waals surface area contributed by atoms with Crippen molar-refractivity contribution in [3.63, 3.8) is 0 Å². The molecule has 9 heteroatoms. The summed E-state index contributed by atoms with van der Waals surface area (Å²) in [6, 6.07) is 17.4. The van der Waals surface area contributed by atoms with Crippen LogP contribution in [0.3, 0.4) is 0 Å². The summed E-state index contributed by atoms with van der Waals surface area (Å²) in [5.41, 5.74) is 6.72. The van der Waals surface area contributed by atoms with Crippen LogP contribution in [0.5, 0.6) is 0 Å². The third-order valence-corrected chi connectivity index (χ3v) is 5.63. The number of H-pyrrole nitrogens is 1. The number of nitrogens with two attached hydrogens (primary N) is 1. The highest BCUT2D eigenvalue weighted by molar-refractivity contribution is 6.06.